The minimum Gasteiger partial charge on any atom is -0.488 e. The van der Waals surface area contributed by atoms with Crippen LogP contribution in [0.1, 0.15) is 29.2 Å². The smallest absolute Gasteiger partial charge is 0.358 e. The van der Waals surface area contributed by atoms with Gasteiger partial charge in [0, 0.05) is 11.1 Å². The molecule has 0 amide bonds. The normalized spacial score (nSPS) is 11.0. The highest BCUT2D eigenvalue weighted by atomic mass is 79.9. The van der Waals surface area contributed by atoms with Crippen LogP contribution in [-0.4, -0.2) is 23.4 Å². The third-order valence-corrected chi connectivity index (χ3v) is 4.10. The van der Waals surface area contributed by atoms with Gasteiger partial charge in [-0.05, 0) is 62.9 Å². The molecular weight excluding hydrogens is 478 g/mol. The fourth-order valence-electron chi connectivity index (χ4n) is 2.46. The topological polar surface area (TPSA) is 68.1 Å². The van der Waals surface area contributed by atoms with Crippen molar-refractivity contribution in [1.82, 2.24) is 0 Å². The van der Waals surface area contributed by atoms with Gasteiger partial charge in [-0.1, -0.05) is 47.6 Å². The van der Waals surface area contributed by atoms with E-state index in [4.69, 9.17) is 9.57 Å². The molecule has 0 saturated carbocycles. The monoisotopic (exact) mass is 495 g/mol. The number of aryl methyl sites for hydroxylation is 1. The predicted molar refractivity (Wildman–Crippen MR) is 114 cm³/mol. The molecule has 0 atom stereocenters. The van der Waals surface area contributed by atoms with E-state index in [1.165, 1.54) is 0 Å². The second-order valence-electron chi connectivity index (χ2n) is 5.54. The van der Waals surface area contributed by atoms with Gasteiger partial charge in [-0.3, -0.25) is 0 Å². The molecule has 2 aromatic rings. The minimum absolute atomic E-state index is 0.149. The maximum atomic E-state index is 11.6. The van der Waals surface area contributed by atoms with Crippen LogP contribution >= 0.6 is 31.9 Å². The van der Waals surface area contributed by atoms with Crippen molar-refractivity contribution < 1.29 is 19.5 Å². The Balaban J connectivity index is 2.36. The second-order valence-corrected chi connectivity index (χ2v) is 8.31. The van der Waals surface area contributed by atoms with Crippen molar-refractivity contribution in [2.45, 2.75) is 20.5 Å². The van der Waals surface area contributed by atoms with E-state index in [-0.39, 0.29) is 18.9 Å². The molecule has 0 spiro atoms. The number of halogens is 2. The zero-order valence-corrected chi connectivity index (χ0v) is 18.1. The highest BCUT2D eigenvalue weighted by molar-refractivity contribution is 9.28. The Morgan fingerprint density at radius 2 is 1.93 bits per heavy atom. The van der Waals surface area contributed by atoms with Crippen LogP contribution in [0.15, 0.2) is 51.0 Å². The number of carbonyl (C=O) groups is 1. The first-order valence-electron chi connectivity index (χ1n) is 8.20. The van der Waals surface area contributed by atoms with E-state index in [0.29, 0.717) is 11.1 Å². The molecule has 5 nitrogen and oxygen atoms in total. The molecule has 2 rings (SSSR count). The zero-order chi connectivity index (χ0) is 19.8. The van der Waals surface area contributed by atoms with Crippen LogP contribution in [-0.2, 0) is 16.2 Å². The van der Waals surface area contributed by atoms with Gasteiger partial charge in [-0.15, -0.1) is 0 Å². The van der Waals surface area contributed by atoms with Crippen molar-refractivity contribution in [3.05, 3.63) is 68.1 Å². The molecular formula is C20H19Br2NO4. The van der Waals surface area contributed by atoms with E-state index >= 15 is 0 Å². The maximum Gasteiger partial charge on any atom is 0.358 e. The summed E-state index contributed by atoms with van der Waals surface area (Å²) in [7, 11) is 0. The summed E-state index contributed by atoms with van der Waals surface area (Å²) in [4.78, 5) is 16.6. The lowest BCUT2D eigenvalue weighted by atomic mass is 10.0. The van der Waals surface area contributed by atoms with Crippen molar-refractivity contribution in [3.63, 3.8) is 0 Å². The quantitative estimate of drug-likeness (QED) is 0.387. The number of hydrogen-bond acceptors (Lipinski definition) is 4. The summed E-state index contributed by atoms with van der Waals surface area (Å²) in [6.07, 6.45) is 1.90. The Kier molecular flexibility index (Phi) is 8.06. The summed E-state index contributed by atoms with van der Waals surface area (Å²) >= 11 is 6.73. The second kappa shape index (κ2) is 10.3. The molecule has 7 heteroatoms. The molecule has 0 aromatic heterocycles. The molecule has 1 N–H and O–H groups in total. The van der Waals surface area contributed by atoms with Gasteiger partial charge in [0.1, 0.15) is 19.0 Å². The molecule has 0 aliphatic carbocycles. The van der Waals surface area contributed by atoms with E-state index in [1.807, 2.05) is 43.3 Å². The van der Waals surface area contributed by atoms with Crippen molar-refractivity contribution in [1.29, 1.82) is 0 Å². The van der Waals surface area contributed by atoms with Gasteiger partial charge in [0.15, 0.2) is 5.71 Å². The summed E-state index contributed by atoms with van der Waals surface area (Å²) < 4.78 is 6.85. The lowest BCUT2D eigenvalue weighted by Gasteiger charge is -2.14. The Labute approximate surface area is 174 Å². The lowest BCUT2D eigenvalue weighted by Crippen LogP contribution is -2.18. The zero-order valence-electron chi connectivity index (χ0n) is 14.9. The number of aliphatic carboxylic acids is 1. The molecule has 27 heavy (non-hydrogen) atoms. The number of benzene rings is 2. The molecule has 0 saturated heterocycles. The van der Waals surface area contributed by atoms with Gasteiger partial charge >= 0.3 is 5.97 Å². The Bertz CT molecular complexity index is 874. The average Bonchev–Trinajstić information content (AvgIpc) is 2.62. The van der Waals surface area contributed by atoms with Gasteiger partial charge < -0.3 is 14.7 Å². The third-order valence-electron chi connectivity index (χ3n) is 3.64. The number of ether oxygens (including phenoxy) is 1. The molecule has 0 fully saturated rings. The highest BCUT2D eigenvalue weighted by Crippen LogP contribution is 2.29. The number of hydrogen-bond donors (Lipinski definition) is 1. The van der Waals surface area contributed by atoms with Crippen molar-refractivity contribution in [3.8, 4) is 5.75 Å². The van der Waals surface area contributed by atoms with Crippen molar-refractivity contribution >= 4 is 49.6 Å². The molecule has 0 heterocycles. The fourth-order valence-corrected chi connectivity index (χ4v) is 2.96. The van der Waals surface area contributed by atoms with Crippen LogP contribution in [0.5, 0.6) is 5.75 Å². The Hall–Kier alpha value is -2.12. The number of carboxylic acids is 1. The maximum absolute atomic E-state index is 11.6. The molecule has 0 aliphatic rings. The highest BCUT2D eigenvalue weighted by Gasteiger charge is 2.18. The van der Waals surface area contributed by atoms with Gasteiger partial charge in [0.25, 0.3) is 0 Å². The summed E-state index contributed by atoms with van der Waals surface area (Å²) in [5, 5.41) is 13.2. The Morgan fingerprint density at radius 3 is 2.59 bits per heavy atom. The van der Waals surface area contributed by atoms with Crippen molar-refractivity contribution in [2.75, 3.05) is 6.61 Å². The van der Waals surface area contributed by atoms with E-state index in [1.54, 1.807) is 19.1 Å². The third kappa shape index (κ3) is 5.94. The summed E-state index contributed by atoms with van der Waals surface area (Å²) in [5.74, 6) is -0.430. The molecule has 0 aliphatic heterocycles. The SMILES string of the molecule is CCON=C(C(=O)O)c1ccccc1COc1c(C)cccc1C=C(Br)Br. The lowest BCUT2D eigenvalue weighted by molar-refractivity contribution is -0.129. The van der Waals surface area contributed by atoms with E-state index < -0.39 is 5.97 Å². The van der Waals surface area contributed by atoms with Gasteiger partial charge in [0.05, 0.1) is 3.39 Å². The van der Waals surface area contributed by atoms with Gasteiger partial charge in [-0.2, -0.15) is 0 Å². The number of rotatable bonds is 8. The number of nitrogens with zero attached hydrogens (tertiary/aromatic N) is 1. The summed E-state index contributed by atoms with van der Waals surface area (Å²) in [5.41, 5.74) is 2.89. The first-order valence-corrected chi connectivity index (χ1v) is 9.79. The molecule has 142 valence electrons. The molecule has 2 aromatic carbocycles. The van der Waals surface area contributed by atoms with Crippen LogP contribution in [0.4, 0.5) is 0 Å². The van der Waals surface area contributed by atoms with E-state index in [2.05, 4.69) is 37.0 Å². The van der Waals surface area contributed by atoms with Crippen LogP contribution in [0, 0.1) is 6.92 Å². The van der Waals surface area contributed by atoms with Crippen LogP contribution < -0.4 is 4.74 Å². The Morgan fingerprint density at radius 1 is 1.19 bits per heavy atom. The molecule has 0 unspecified atom stereocenters. The van der Waals surface area contributed by atoms with Crippen LogP contribution in [0.3, 0.4) is 0 Å². The molecule has 0 bridgehead atoms. The number of carboxylic acid groups (broad SMARTS) is 1. The molecule has 0 radical (unpaired) electrons. The summed E-state index contributed by atoms with van der Waals surface area (Å²) in [6.45, 7) is 4.18. The summed E-state index contributed by atoms with van der Waals surface area (Å²) in [6, 6.07) is 12.9. The largest absolute Gasteiger partial charge is 0.488 e. The van der Waals surface area contributed by atoms with E-state index in [9.17, 15) is 9.90 Å². The van der Waals surface area contributed by atoms with Crippen LogP contribution in [0.2, 0.25) is 0 Å². The van der Waals surface area contributed by atoms with Gasteiger partial charge in [0.2, 0.25) is 0 Å². The number of oxime groups is 1. The van der Waals surface area contributed by atoms with Crippen LogP contribution in [0.25, 0.3) is 6.08 Å². The first kappa shape index (κ1) is 21.2. The van der Waals surface area contributed by atoms with E-state index in [0.717, 1.165) is 20.3 Å². The first-order chi connectivity index (χ1) is 12.9. The number of para-hydroxylation sites is 1. The van der Waals surface area contributed by atoms with Crippen molar-refractivity contribution in [2.24, 2.45) is 5.16 Å². The average molecular weight is 497 g/mol. The standard InChI is InChI=1S/C20H19Br2NO4/c1-3-27-23-18(20(24)25)16-10-5-4-8-15(16)12-26-19-13(2)7-6-9-14(19)11-17(21)22/h4-11H,3,12H2,1-2H3,(H,24,25). The minimum atomic E-state index is -1.15. The fraction of sp³-hybridized carbons (Fsp3) is 0.200. The predicted octanol–water partition coefficient (Wildman–Crippen LogP) is 5.49. The van der Waals surface area contributed by atoms with Gasteiger partial charge in [-0.25, -0.2) is 4.79 Å².